The van der Waals surface area contributed by atoms with Crippen LogP contribution in [0.4, 0.5) is 24.8 Å². The van der Waals surface area contributed by atoms with Crippen LogP contribution in [-0.2, 0) is 12.6 Å². The molecule has 9 heteroatoms. The second-order valence-electron chi connectivity index (χ2n) is 8.75. The van der Waals surface area contributed by atoms with E-state index in [2.05, 4.69) is 37.1 Å². The van der Waals surface area contributed by atoms with Gasteiger partial charge >= 0.3 is 6.18 Å². The molecular formula is C24H25F3N6. The summed E-state index contributed by atoms with van der Waals surface area (Å²) in [5, 5.41) is 4.59. The smallest absolute Gasteiger partial charge is 0.383 e. The lowest BCUT2D eigenvalue weighted by Crippen LogP contribution is -2.10. The predicted molar refractivity (Wildman–Crippen MR) is 123 cm³/mol. The van der Waals surface area contributed by atoms with Gasteiger partial charge in [-0.15, -0.1) is 0 Å². The van der Waals surface area contributed by atoms with Gasteiger partial charge in [0.2, 0.25) is 0 Å². The molecule has 1 aliphatic carbocycles. The number of benzene rings is 1. The highest BCUT2D eigenvalue weighted by atomic mass is 19.4. The largest absolute Gasteiger partial charge is 0.419 e. The third kappa shape index (κ3) is 4.07. The number of fused-ring (bicyclic) bond motifs is 2. The second-order valence-corrected chi connectivity index (χ2v) is 8.75. The zero-order valence-corrected chi connectivity index (χ0v) is 18.2. The number of halogens is 3. The van der Waals surface area contributed by atoms with Crippen molar-refractivity contribution in [3.63, 3.8) is 0 Å². The standard InChI is InChI=1S/C24H25F3N6/c1-29-22-18-8-9-33(23(18)31-13-30-22)17-7-5-14(10-17)2-3-15-4-6-16-12-19(24(25,26)27)21(28)32-20(16)11-15/h4,6,8-9,11-14,17H,2-3,5,7,10H2,1H3,(H2,28,32)(H,29,30,31)/t14-,17+/m1/s1. The normalized spacial score (nSPS) is 18.9. The fourth-order valence-corrected chi connectivity index (χ4v) is 5.01. The molecule has 1 aromatic carbocycles. The molecule has 172 valence electrons. The Morgan fingerprint density at radius 3 is 2.79 bits per heavy atom. The molecule has 33 heavy (non-hydrogen) atoms. The molecule has 0 spiro atoms. The summed E-state index contributed by atoms with van der Waals surface area (Å²) in [6.07, 6.45) is 4.38. The van der Waals surface area contributed by atoms with Gasteiger partial charge in [0.15, 0.2) is 0 Å². The summed E-state index contributed by atoms with van der Waals surface area (Å²) in [6, 6.07) is 9.00. The van der Waals surface area contributed by atoms with Gasteiger partial charge in [-0.05, 0) is 61.8 Å². The van der Waals surface area contributed by atoms with Crippen LogP contribution in [0.2, 0.25) is 0 Å². The van der Waals surface area contributed by atoms with E-state index in [0.717, 1.165) is 60.6 Å². The monoisotopic (exact) mass is 454 g/mol. The van der Waals surface area contributed by atoms with Gasteiger partial charge in [-0.2, -0.15) is 13.2 Å². The topological polar surface area (TPSA) is 81.7 Å². The maximum absolute atomic E-state index is 13.1. The van der Waals surface area contributed by atoms with Crippen molar-refractivity contribution < 1.29 is 13.2 Å². The molecule has 0 amide bonds. The summed E-state index contributed by atoms with van der Waals surface area (Å²) in [7, 11) is 1.86. The molecular weight excluding hydrogens is 429 g/mol. The number of pyridine rings is 1. The van der Waals surface area contributed by atoms with Crippen molar-refractivity contribution in [1.29, 1.82) is 0 Å². The first-order valence-corrected chi connectivity index (χ1v) is 11.1. The van der Waals surface area contributed by atoms with Crippen molar-refractivity contribution in [2.24, 2.45) is 5.92 Å². The summed E-state index contributed by atoms with van der Waals surface area (Å²) in [6.45, 7) is 0. The molecule has 0 bridgehead atoms. The van der Waals surface area contributed by atoms with Gasteiger partial charge in [0, 0.05) is 24.7 Å². The predicted octanol–water partition coefficient (Wildman–Crippen LogP) is 5.60. The summed E-state index contributed by atoms with van der Waals surface area (Å²) < 4.78 is 41.5. The molecule has 1 saturated carbocycles. The second kappa shape index (κ2) is 8.20. The van der Waals surface area contributed by atoms with Crippen molar-refractivity contribution in [3.05, 3.63) is 54.0 Å². The van der Waals surface area contributed by atoms with E-state index in [-0.39, 0.29) is 0 Å². The van der Waals surface area contributed by atoms with E-state index in [1.54, 1.807) is 12.4 Å². The van der Waals surface area contributed by atoms with E-state index in [0.29, 0.717) is 22.9 Å². The van der Waals surface area contributed by atoms with Crippen LogP contribution < -0.4 is 11.1 Å². The number of hydrogen-bond acceptors (Lipinski definition) is 5. The SMILES string of the molecule is CNc1ncnc2c1ccn2[C@H]1CC[C@@H](CCc2ccc3cc(C(F)(F)F)c(N)nc3c2)C1. The number of nitrogen functional groups attached to an aromatic ring is 1. The molecule has 0 saturated heterocycles. The van der Waals surface area contributed by atoms with Gasteiger partial charge in [-0.3, -0.25) is 0 Å². The maximum Gasteiger partial charge on any atom is 0.419 e. The minimum Gasteiger partial charge on any atom is -0.383 e. The number of aromatic nitrogens is 4. The lowest BCUT2D eigenvalue weighted by atomic mass is 9.97. The number of nitrogens with two attached hydrogens (primary N) is 1. The first-order valence-electron chi connectivity index (χ1n) is 11.1. The van der Waals surface area contributed by atoms with E-state index < -0.39 is 17.6 Å². The Bertz CT molecular complexity index is 1310. The van der Waals surface area contributed by atoms with Gasteiger partial charge in [0.1, 0.15) is 23.6 Å². The highest BCUT2D eigenvalue weighted by Crippen LogP contribution is 2.39. The number of alkyl halides is 3. The number of nitrogens with one attached hydrogen (secondary N) is 1. The Balaban J connectivity index is 1.27. The van der Waals surface area contributed by atoms with E-state index in [4.69, 9.17) is 5.73 Å². The van der Waals surface area contributed by atoms with E-state index in [1.807, 2.05) is 19.2 Å². The molecule has 0 aliphatic heterocycles. The zero-order chi connectivity index (χ0) is 23.2. The summed E-state index contributed by atoms with van der Waals surface area (Å²) in [5.74, 6) is 0.940. The van der Waals surface area contributed by atoms with Crippen LogP contribution in [0.15, 0.2) is 42.9 Å². The number of aryl methyl sites for hydroxylation is 1. The molecule has 2 atom stereocenters. The molecule has 6 nitrogen and oxygen atoms in total. The van der Waals surface area contributed by atoms with Gasteiger partial charge in [0.25, 0.3) is 0 Å². The van der Waals surface area contributed by atoms with Crippen LogP contribution in [0, 0.1) is 5.92 Å². The fourth-order valence-electron chi connectivity index (χ4n) is 5.01. The minimum atomic E-state index is -4.51. The molecule has 5 rings (SSSR count). The molecule has 3 N–H and O–H groups in total. The van der Waals surface area contributed by atoms with Gasteiger partial charge in [-0.1, -0.05) is 12.1 Å². The Morgan fingerprint density at radius 2 is 2.00 bits per heavy atom. The fraction of sp³-hybridized carbons (Fsp3) is 0.375. The molecule has 0 radical (unpaired) electrons. The van der Waals surface area contributed by atoms with Crippen molar-refractivity contribution in [3.8, 4) is 0 Å². The Morgan fingerprint density at radius 1 is 1.15 bits per heavy atom. The molecule has 0 unspecified atom stereocenters. The van der Waals surface area contributed by atoms with E-state index in [1.165, 1.54) is 0 Å². The van der Waals surface area contributed by atoms with Crippen molar-refractivity contribution in [2.75, 3.05) is 18.1 Å². The average Bonchev–Trinajstić information content (AvgIpc) is 3.43. The zero-order valence-electron chi connectivity index (χ0n) is 18.2. The minimum absolute atomic E-state index is 0.408. The molecule has 4 aromatic rings. The van der Waals surface area contributed by atoms with Crippen LogP contribution in [0.1, 0.15) is 42.9 Å². The Kier molecular flexibility index (Phi) is 5.34. The first kappa shape index (κ1) is 21.5. The number of rotatable bonds is 5. The highest BCUT2D eigenvalue weighted by Gasteiger charge is 2.34. The number of anilines is 2. The number of hydrogen-bond donors (Lipinski definition) is 2. The summed E-state index contributed by atoms with van der Waals surface area (Å²) in [4.78, 5) is 12.8. The van der Waals surface area contributed by atoms with Crippen molar-refractivity contribution in [2.45, 2.75) is 44.3 Å². The van der Waals surface area contributed by atoms with Gasteiger partial charge < -0.3 is 15.6 Å². The molecule has 1 fully saturated rings. The first-order chi connectivity index (χ1) is 15.8. The third-order valence-corrected chi connectivity index (χ3v) is 6.71. The Hall–Kier alpha value is -3.36. The molecule has 3 aromatic heterocycles. The lowest BCUT2D eigenvalue weighted by molar-refractivity contribution is -0.137. The van der Waals surface area contributed by atoms with Crippen LogP contribution in [-0.4, -0.2) is 26.6 Å². The van der Waals surface area contributed by atoms with Crippen LogP contribution in [0.3, 0.4) is 0 Å². The van der Waals surface area contributed by atoms with E-state index in [9.17, 15) is 13.2 Å². The molecule has 3 heterocycles. The van der Waals surface area contributed by atoms with Crippen molar-refractivity contribution in [1.82, 2.24) is 19.5 Å². The van der Waals surface area contributed by atoms with Crippen LogP contribution in [0.5, 0.6) is 0 Å². The van der Waals surface area contributed by atoms with Crippen molar-refractivity contribution >= 4 is 33.6 Å². The number of nitrogens with zero attached hydrogens (tertiary/aromatic N) is 4. The lowest BCUT2D eigenvalue weighted by Gasteiger charge is -2.15. The molecule has 1 aliphatic rings. The van der Waals surface area contributed by atoms with Crippen LogP contribution in [0.25, 0.3) is 21.9 Å². The van der Waals surface area contributed by atoms with Gasteiger partial charge in [0.05, 0.1) is 16.5 Å². The van der Waals surface area contributed by atoms with E-state index >= 15 is 0 Å². The summed E-state index contributed by atoms with van der Waals surface area (Å²) >= 11 is 0. The average molecular weight is 455 g/mol. The van der Waals surface area contributed by atoms with Gasteiger partial charge in [-0.25, -0.2) is 15.0 Å². The third-order valence-electron chi connectivity index (χ3n) is 6.71. The Labute approximate surface area is 189 Å². The highest BCUT2D eigenvalue weighted by molar-refractivity contribution is 5.87. The van der Waals surface area contributed by atoms with Crippen LogP contribution >= 0.6 is 0 Å². The maximum atomic E-state index is 13.1. The summed E-state index contributed by atoms with van der Waals surface area (Å²) in [5.41, 5.74) is 7.21. The quantitative estimate of drug-likeness (QED) is 0.410.